The molecule has 0 aromatic rings. The number of hydrogen-bond donors (Lipinski definition) is 1. The van der Waals surface area contributed by atoms with E-state index in [1.54, 1.807) is 0 Å². The Kier molecular flexibility index (Phi) is 2.68. The Morgan fingerprint density at radius 1 is 1.53 bits per heavy atom. The van der Waals surface area contributed by atoms with Crippen molar-refractivity contribution < 1.29 is 4.79 Å². The molecule has 0 bridgehead atoms. The van der Waals surface area contributed by atoms with Crippen molar-refractivity contribution in [2.75, 3.05) is 6.54 Å². The molecule has 3 nitrogen and oxygen atoms in total. The zero-order chi connectivity index (χ0) is 10.9. The fourth-order valence-corrected chi connectivity index (χ4v) is 2.43. The van der Waals surface area contributed by atoms with Gasteiger partial charge < -0.3 is 5.32 Å². The van der Waals surface area contributed by atoms with Gasteiger partial charge in [-0.3, -0.25) is 4.79 Å². The molecule has 15 heavy (non-hydrogen) atoms. The van der Waals surface area contributed by atoms with Gasteiger partial charge >= 0.3 is 0 Å². The Morgan fingerprint density at radius 3 is 2.73 bits per heavy atom. The Labute approximate surface area is 90.8 Å². The topological polar surface area (TPSA) is 52.9 Å². The van der Waals surface area contributed by atoms with Gasteiger partial charge in [0.1, 0.15) is 5.41 Å². The largest absolute Gasteiger partial charge is 0.354 e. The predicted octanol–water partition coefficient (Wildman–Crippen LogP) is 1.84. The summed E-state index contributed by atoms with van der Waals surface area (Å²) in [6.45, 7) is 3.02. The Balaban J connectivity index is 1.79. The number of amides is 1. The van der Waals surface area contributed by atoms with Crippen LogP contribution in [0.4, 0.5) is 0 Å². The molecule has 1 N–H and O–H groups in total. The van der Waals surface area contributed by atoms with Crippen molar-refractivity contribution in [3.8, 4) is 6.07 Å². The van der Waals surface area contributed by atoms with E-state index in [9.17, 15) is 4.79 Å². The molecule has 2 rings (SSSR count). The van der Waals surface area contributed by atoms with Crippen molar-refractivity contribution in [2.24, 2.45) is 17.3 Å². The van der Waals surface area contributed by atoms with Crippen LogP contribution in [0, 0.1) is 28.6 Å². The van der Waals surface area contributed by atoms with Crippen molar-refractivity contribution in [3.05, 3.63) is 0 Å². The monoisotopic (exact) mass is 206 g/mol. The third kappa shape index (κ3) is 1.99. The van der Waals surface area contributed by atoms with Crippen LogP contribution < -0.4 is 5.32 Å². The van der Waals surface area contributed by atoms with Crippen LogP contribution in [0.25, 0.3) is 0 Å². The zero-order valence-electron chi connectivity index (χ0n) is 9.25. The normalized spacial score (nSPS) is 32.0. The third-order valence-corrected chi connectivity index (χ3v) is 3.96. The first-order valence-electron chi connectivity index (χ1n) is 5.87. The quantitative estimate of drug-likeness (QED) is 0.766. The second kappa shape index (κ2) is 3.84. The Hall–Kier alpha value is -1.04. The predicted molar refractivity (Wildman–Crippen MR) is 56.8 cm³/mol. The van der Waals surface area contributed by atoms with Crippen molar-refractivity contribution in [1.29, 1.82) is 5.26 Å². The second-order valence-electron chi connectivity index (χ2n) is 5.07. The van der Waals surface area contributed by atoms with Crippen molar-refractivity contribution in [3.63, 3.8) is 0 Å². The molecule has 82 valence electrons. The third-order valence-electron chi connectivity index (χ3n) is 3.96. The van der Waals surface area contributed by atoms with Crippen molar-refractivity contribution in [2.45, 2.75) is 39.0 Å². The standard InChI is InChI=1S/C12H18N2O/c1-9-3-2-4-10(9)7-14-11(15)12(8-13)5-6-12/h9-10H,2-7H2,1H3,(H,14,15). The van der Waals surface area contributed by atoms with Crippen LogP contribution in [0.3, 0.4) is 0 Å². The Bertz CT molecular complexity index is 301. The van der Waals surface area contributed by atoms with Gasteiger partial charge in [-0.2, -0.15) is 5.26 Å². The number of carbonyl (C=O) groups is 1. The molecular weight excluding hydrogens is 188 g/mol. The summed E-state index contributed by atoms with van der Waals surface area (Å²) in [5, 5.41) is 11.8. The fraction of sp³-hybridized carbons (Fsp3) is 0.833. The van der Waals surface area contributed by atoms with Gasteiger partial charge in [0.15, 0.2) is 0 Å². The highest BCUT2D eigenvalue weighted by Crippen LogP contribution is 2.45. The summed E-state index contributed by atoms with van der Waals surface area (Å²) in [6, 6.07) is 2.13. The van der Waals surface area contributed by atoms with Gasteiger partial charge in [0.25, 0.3) is 0 Å². The van der Waals surface area contributed by atoms with Gasteiger partial charge in [-0.15, -0.1) is 0 Å². The van der Waals surface area contributed by atoms with Crippen molar-refractivity contribution >= 4 is 5.91 Å². The van der Waals surface area contributed by atoms with Crippen LogP contribution in [0.1, 0.15) is 39.0 Å². The maximum Gasteiger partial charge on any atom is 0.240 e. The molecule has 2 fully saturated rings. The molecule has 2 saturated carbocycles. The molecule has 0 spiro atoms. The van der Waals surface area contributed by atoms with E-state index in [2.05, 4.69) is 18.3 Å². The van der Waals surface area contributed by atoms with Gasteiger partial charge in [0, 0.05) is 6.54 Å². The number of nitriles is 1. The molecule has 0 saturated heterocycles. The molecular formula is C12H18N2O. The number of carbonyl (C=O) groups excluding carboxylic acids is 1. The first-order valence-corrected chi connectivity index (χ1v) is 5.87. The van der Waals surface area contributed by atoms with Gasteiger partial charge in [-0.05, 0) is 31.1 Å². The summed E-state index contributed by atoms with van der Waals surface area (Å²) in [4.78, 5) is 11.7. The maximum atomic E-state index is 11.7. The minimum absolute atomic E-state index is 0.0379. The average molecular weight is 206 g/mol. The lowest BCUT2D eigenvalue weighted by atomic mass is 9.98. The van der Waals surface area contributed by atoms with E-state index in [1.165, 1.54) is 19.3 Å². The molecule has 2 atom stereocenters. The van der Waals surface area contributed by atoms with Crippen LogP contribution in [0.2, 0.25) is 0 Å². The number of nitrogens with zero attached hydrogens (tertiary/aromatic N) is 1. The number of nitrogens with one attached hydrogen (secondary N) is 1. The Morgan fingerprint density at radius 2 is 2.27 bits per heavy atom. The van der Waals surface area contributed by atoms with E-state index in [1.807, 2.05) is 0 Å². The molecule has 0 aromatic heterocycles. The average Bonchev–Trinajstić information content (AvgIpc) is 2.94. The highest BCUT2D eigenvalue weighted by Gasteiger charge is 2.50. The van der Waals surface area contributed by atoms with E-state index >= 15 is 0 Å². The zero-order valence-corrected chi connectivity index (χ0v) is 9.25. The molecule has 0 radical (unpaired) electrons. The smallest absolute Gasteiger partial charge is 0.240 e. The van der Waals surface area contributed by atoms with Crippen LogP contribution in [0.5, 0.6) is 0 Å². The van der Waals surface area contributed by atoms with Gasteiger partial charge in [0.05, 0.1) is 6.07 Å². The summed E-state index contributed by atoms with van der Waals surface area (Å²) in [6.07, 6.45) is 5.28. The van der Waals surface area contributed by atoms with Crippen LogP contribution in [-0.4, -0.2) is 12.5 Å². The molecule has 0 aromatic carbocycles. The summed E-state index contributed by atoms with van der Waals surface area (Å²) in [5.74, 6) is 1.31. The molecule has 0 heterocycles. The van der Waals surface area contributed by atoms with Gasteiger partial charge in [-0.25, -0.2) is 0 Å². The van der Waals surface area contributed by atoms with Crippen LogP contribution in [-0.2, 0) is 4.79 Å². The molecule has 1 amide bonds. The lowest BCUT2D eigenvalue weighted by molar-refractivity contribution is -0.124. The first-order chi connectivity index (χ1) is 7.18. The van der Waals surface area contributed by atoms with Gasteiger partial charge in [-0.1, -0.05) is 19.8 Å². The second-order valence-corrected chi connectivity index (χ2v) is 5.07. The van der Waals surface area contributed by atoms with E-state index < -0.39 is 5.41 Å². The fourth-order valence-electron chi connectivity index (χ4n) is 2.43. The molecule has 2 aliphatic carbocycles. The highest BCUT2D eigenvalue weighted by molar-refractivity contribution is 5.88. The summed E-state index contributed by atoms with van der Waals surface area (Å²) in [7, 11) is 0. The lowest BCUT2D eigenvalue weighted by Gasteiger charge is -2.16. The molecule has 3 heteroatoms. The van der Waals surface area contributed by atoms with Gasteiger partial charge in [0.2, 0.25) is 5.91 Å². The van der Waals surface area contributed by atoms with E-state index in [4.69, 9.17) is 5.26 Å². The van der Waals surface area contributed by atoms with Crippen LogP contribution in [0.15, 0.2) is 0 Å². The number of hydrogen-bond acceptors (Lipinski definition) is 2. The SMILES string of the molecule is CC1CCCC1CNC(=O)C1(C#N)CC1. The summed E-state index contributed by atoms with van der Waals surface area (Å²) in [5.41, 5.74) is -0.651. The minimum Gasteiger partial charge on any atom is -0.354 e. The van der Waals surface area contributed by atoms with E-state index in [-0.39, 0.29) is 5.91 Å². The number of rotatable bonds is 3. The highest BCUT2D eigenvalue weighted by atomic mass is 16.2. The van der Waals surface area contributed by atoms with Crippen molar-refractivity contribution in [1.82, 2.24) is 5.32 Å². The molecule has 0 aliphatic heterocycles. The summed E-state index contributed by atoms with van der Waals surface area (Å²) < 4.78 is 0. The minimum atomic E-state index is -0.651. The molecule has 2 aliphatic rings. The van der Waals surface area contributed by atoms with E-state index in [0.29, 0.717) is 5.92 Å². The lowest BCUT2D eigenvalue weighted by Crippen LogP contribution is -2.35. The summed E-state index contributed by atoms with van der Waals surface area (Å²) >= 11 is 0. The molecule has 2 unspecified atom stereocenters. The first kappa shape index (κ1) is 10.5. The van der Waals surface area contributed by atoms with E-state index in [0.717, 1.165) is 25.3 Å². The maximum absolute atomic E-state index is 11.7. The van der Waals surface area contributed by atoms with Crippen LogP contribution >= 0.6 is 0 Å².